The standard InChI is InChI=1S/C19H17ClO4/c1-19(2)23-12-17(24-19)11-22-16-9-5-14(6-10-16)18(21)13-3-7-15(20)8-4-13/h3-10,12H,11H2,1-2H3. The maximum absolute atomic E-state index is 12.4. The van der Waals surface area contributed by atoms with Crippen molar-refractivity contribution >= 4 is 17.4 Å². The first-order valence-corrected chi connectivity index (χ1v) is 7.90. The van der Waals surface area contributed by atoms with Crippen molar-refractivity contribution in [3.05, 3.63) is 76.7 Å². The Bertz CT molecular complexity index is 761. The number of ether oxygens (including phenoxy) is 3. The quantitative estimate of drug-likeness (QED) is 0.745. The Balaban J connectivity index is 1.61. The van der Waals surface area contributed by atoms with Gasteiger partial charge >= 0.3 is 0 Å². The molecule has 3 rings (SSSR count). The van der Waals surface area contributed by atoms with Gasteiger partial charge in [0.15, 0.2) is 11.5 Å². The van der Waals surface area contributed by atoms with Gasteiger partial charge in [-0.15, -0.1) is 0 Å². The lowest BCUT2D eigenvalue weighted by Gasteiger charge is -2.18. The third kappa shape index (κ3) is 3.89. The van der Waals surface area contributed by atoms with Crippen LogP contribution >= 0.6 is 11.6 Å². The molecule has 4 nitrogen and oxygen atoms in total. The summed E-state index contributed by atoms with van der Waals surface area (Å²) in [6, 6.07) is 13.8. The van der Waals surface area contributed by atoms with E-state index in [1.807, 2.05) is 13.8 Å². The van der Waals surface area contributed by atoms with Crippen LogP contribution in [0.3, 0.4) is 0 Å². The number of hydrogen-bond acceptors (Lipinski definition) is 4. The minimum Gasteiger partial charge on any atom is -0.486 e. The number of carbonyl (C=O) groups is 1. The van der Waals surface area contributed by atoms with Gasteiger partial charge in [-0.25, -0.2) is 0 Å². The van der Waals surface area contributed by atoms with E-state index < -0.39 is 5.79 Å². The molecular formula is C19H17ClO4. The van der Waals surface area contributed by atoms with Gasteiger partial charge in [-0.2, -0.15) is 0 Å². The fourth-order valence-corrected chi connectivity index (χ4v) is 2.39. The van der Waals surface area contributed by atoms with Crippen molar-refractivity contribution in [3.8, 4) is 5.75 Å². The summed E-state index contributed by atoms with van der Waals surface area (Å²) in [6.45, 7) is 3.93. The van der Waals surface area contributed by atoms with Gasteiger partial charge in [0.05, 0.1) is 0 Å². The maximum atomic E-state index is 12.4. The summed E-state index contributed by atoms with van der Waals surface area (Å²) in [5.41, 5.74) is 1.18. The largest absolute Gasteiger partial charge is 0.486 e. The average molecular weight is 345 g/mol. The number of halogens is 1. The van der Waals surface area contributed by atoms with Crippen molar-refractivity contribution in [2.45, 2.75) is 19.6 Å². The van der Waals surface area contributed by atoms with Crippen molar-refractivity contribution in [2.75, 3.05) is 6.61 Å². The molecule has 124 valence electrons. The van der Waals surface area contributed by atoms with Crippen molar-refractivity contribution in [3.63, 3.8) is 0 Å². The molecule has 0 saturated heterocycles. The van der Waals surface area contributed by atoms with Gasteiger partial charge in [0, 0.05) is 30.0 Å². The van der Waals surface area contributed by atoms with Gasteiger partial charge in [0.25, 0.3) is 0 Å². The first kappa shape index (κ1) is 16.4. The number of carbonyl (C=O) groups excluding carboxylic acids is 1. The monoisotopic (exact) mass is 344 g/mol. The summed E-state index contributed by atoms with van der Waals surface area (Å²) < 4.78 is 16.5. The van der Waals surface area contributed by atoms with Crippen LogP contribution in [0.25, 0.3) is 0 Å². The van der Waals surface area contributed by atoms with E-state index in [0.29, 0.717) is 27.7 Å². The molecule has 5 heteroatoms. The van der Waals surface area contributed by atoms with E-state index >= 15 is 0 Å². The second kappa shape index (κ2) is 6.57. The third-order valence-corrected chi connectivity index (χ3v) is 3.71. The zero-order chi connectivity index (χ0) is 17.2. The second-order valence-corrected chi connectivity index (χ2v) is 6.29. The van der Waals surface area contributed by atoms with Gasteiger partial charge in [-0.3, -0.25) is 4.79 Å². The highest BCUT2D eigenvalue weighted by molar-refractivity contribution is 6.30. The molecule has 2 aromatic rings. The highest BCUT2D eigenvalue weighted by atomic mass is 35.5. The second-order valence-electron chi connectivity index (χ2n) is 5.85. The summed E-state index contributed by atoms with van der Waals surface area (Å²) >= 11 is 5.84. The molecule has 0 spiro atoms. The highest BCUT2D eigenvalue weighted by Crippen LogP contribution is 2.25. The minimum absolute atomic E-state index is 0.0600. The number of rotatable bonds is 5. The lowest BCUT2D eigenvalue weighted by atomic mass is 10.0. The Morgan fingerprint density at radius 3 is 2.17 bits per heavy atom. The van der Waals surface area contributed by atoms with Crippen LogP contribution in [0.1, 0.15) is 29.8 Å². The minimum atomic E-state index is -0.645. The summed E-state index contributed by atoms with van der Waals surface area (Å²) in [5.74, 6) is 0.571. The zero-order valence-corrected chi connectivity index (χ0v) is 14.2. The Morgan fingerprint density at radius 1 is 1.04 bits per heavy atom. The summed E-state index contributed by atoms with van der Waals surface area (Å²) in [7, 11) is 0. The fourth-order valence-electron chi connectivity index (χ4n) is 2.26. The molecule has 24 heavy (non-hydrogen) atoms. The molecule has 0 atom stereocenters. The van der Waals surface area contributed by atoms with Crippen molar-refractivity contribution in [1.29, 1.82) is 0 Å². The van der Waals surface area contributed by atoms with E-state index in [4.69, 9.17) is 25.8 Å². The maximum Gasteiger partial charge on any atom is 0.244 e. The van der Waals surface area contributed by atoms with E-state index in [9.17, 15) is 4.79 Å². The van der Waals surface area contributed by atoms with Crippen molar-refractivity contribution in [1.82, 2.24) is 0 Å². The van der Waals surface area contributed by atoms with Crippen LogP contribution in [0.4, 0.5) is 0 Å². The molecule has 0 unspecified atom stereocenters. The van der Waals surface area contributed by atoms with Crippen LogP contribution in [0.15, 0.2) is 60.6 Å². The smallest absolute Gasteiger partial charge is 0.244 e. The molecule has 0 saturated carbocycles. The highest BCUT2D eigenvalue weighted by Gasteiger charge is 2.27. The number of benzene rings is 2. The van der Waals surface area contributed by atoms with Crippen molar-refractivity contribution in [2.24, 2.45) is 0 Å². The van der Waals surface area contributed by atoms with E-state index in [1.54, 1.807) is 54.8 Å². The predicted molar refractivity (Wildman–Crippen MR) is 91.2 cm³/mol. The number of hydrogen-bond donors (Lipinski definition) is 0. The Kier molecular flexibility index (Phi) is 4.49. The first-order valence-electron chi connectivity index (χ1n) is 7.52. The molecule has 1 aliphatic rings. The van der Waals surface area contributed by atoms with Gasteiger partial charge in [-0.05, 0) is 48.5 Å². The SMILES string of the molecule is CC1(C)OC=C(COc2ccc(C(=O)c3ccc(Cl)cc3)cc2)O1. The molecule has 1 heterocycles. The molecule has 1 aliphatic heterocycles. The Labute approximate surface area is 145 Å². The van der Waals surface area contributed by atoms with E-state index in [2.05, 4.69) is 0 Å². The molecular weight excluding hydrogens is 328 g/mol. The molecule has 2 aromatic carbocycles. The van der Waals surface area contributed by atoms with E-state index in [-0.39, 0.29) is 12.4 Å². The van der Waals surface area contributed by atoms with Crippen LogP contribution in [-0.4, -0.2) is 18.2 Å². The predicted octanol–water partition coefficient (Wildman–Crippen LogP) is 4.57. The van der Waals surface area contributed by atoms with Crippen LogP contribution in [0.5, 0.6) is 5.75 Å². The average Bonchev–Trinajstić information content (AvgIpc) is 2.93. The third-order valence-electron chi connectivity index (χ3n) is 3.46. The topological polar surface area (TPSA) is 44.8 Å². The van der Waals surface area contributed by atoms with Crippen LogP contribution < -0.4 is 4.74 Å². The van der Waals surface area contributed by atoms with E-state index in [1.165, 1.54) is 0 Å². The first-order chi connectivity index (χ1) is 11.4. The van der Waals surface area contributed by atoms with Crippen LogP contribution in [-0.2, 0) is 9.47 Å². The van der Waals surface area contributed by atoms with Gasteiger partial charge < -0.3 is 14.2 Å². The molecule has 0 N–H and O–H groups in total. The molecule has 0 aromatic heterocycles. The van der Waals surface area contributed by atoms with Crippen LogP contribution in [0.2, 0.25) is 5.02 Å². The normalized spacial score (nSPS) is 15.2. The lowest BCUT2D eigenvalue weighted by Crippen LogP contribution is -2.21. The van der Waals surface area contributed by atoms with Crippen molar-refractivity contribution < 1.29 is 19.0 Å². The van der Waals surface area contributed by atoms with Gasteiger partial charge in [0.1, 0.15) is 18.6 Å². The molecule has 0 bridgehead atoms. The van der Waals surface area contributed by atoms with Crippen LogP contribution in [0, 0.1) is 0 Å². The summed E-state index contributed by atoms with van der Waals surface area (Å²) in [4.78, 5) is 12.4. The molecule has 0 aliphatic carbocycles. The van der Waals surface area contributed by atoms with Gasteiger partial charge in [0.2, 0.25) is 5.79 Å². The fraction of sp³-hybridized carbons (Fsp3) is 0.211. The molecule has 0 radical (unpaired) electrons. The Morgan fingerprint density at radius 2 is 1.62 bits per heavy atom. The molecule has 0 fully saturated rings. The Hall–Kier alpha value is -2.46. The summed E-state index contributed by atoms with van der Waals surface area (Å²) in [5, 5.41) is 0.603. The van der Waals surface area contributed by atoms with Gasteiger partial charge in [-0.1, -0.05) is 11.6 Å². The molecule has 0 amide bonds. The zero-order valence-electron chi connectivity index (χ0n) is 13.4. The van der Waals surface area contributed by atoms with E-state index in [0.717, 1.165) is 0 Å². The lowest BCUT2D eigenvalue weighted by molar-refractivity contribution is -0.119. The number of ketones is 1. The summed E-state index contributed by atoms with van der Waals surface area (Å²) in [6.07, 6.45) is 1.55.